The highest BCUT2D eigenvalue weighted by Crippen LogP contribution is 2.31. The van der Waals surface area contributed by atoms with Gasteiger partial charge in [-0.15, -0.1) is 11.3 Å². The zero-order valence-electron chi connectivity index (χ0n) is 13.6. The predicted octanol–water partition coefficient (Wildman–Crippen LogP) is 4.04. The van der Waals surface area contributed by atoms with Gasteiger partial charge in [0, 0.05) is 17.3 Å². The Bertz CT molecular complexity index is 596. The minimum absolute atomic E-state index is 0.0503. The fourth-order valence-electron chi connectivity index (χ4n) is 2.89. The number of hydrogen-bond acceptors (Lipinski definition) is 6. The number of aromatic nitrogens is 3. The van der Waals surface area contributed by atoms with E-state index < -0.39 is 0 Å². The number of nitrogens with zero attached hydrogens (tertiary/aromatic N) is 3. The Morgan fingerprint density at radius 1 is 1.23 bits per heavy atom. The molecular weight excluding hydrogens is 296 g/mol. The monoisotopic (exact) mass is 320 g/mol. The van der Waals surface area contributed by atoms with Gasteiger partial charge in [-0.3, -0.25) is 5.32 Å². The second kappa shape index (κ2) is 6.87. The van der Waals surface area contributed by atoms with E-state index >= 15 is 0 Å². The van der Waals surface area contributed by atoms with Gasteiger partial charge < -0.3 is 4.52 Å². The van der Waals surface area contributed by atoms with Crippen LogP contribution < -0.4 is 5.32 Å². The third-order valence-corrected chi connectivity index (χ3v) is 5.50. The highest BCUT2D eigenvalue weighted by atomic mass is 32.1. The van der Waals surface area contributed by atoms with Crippen molar-refractivity contribution < 1.29 is 4.52 Å². The smallest absolute Gasteiger partial charge is 0.243 e. The lowest BCUT2D eigenvalue weighted by atomic mass is 9.89. The van der Waals surface area contributed by atoms with Crippen molar-refractivity contribution in [1.29, 1.82) is 0 Å². The molecule has 0 amide bonds. The molecule has 5 nitrogen and oxygen atoms in total. The van der Waals surface area contributed by atoms with Crippen LogP contribution in [-0.4, -0.2) is 15.1 Å². The Hall–Kier alpha value is -1.27. The normalized spacial score (nSPS) is 17.8. The minimum atomic E-state index is 0.0503. The van der Waals surface area contributed by atoms with E-state index in [2.05, 4.69) is 34.3 Å². The Kier molecular flexibility index (Phi) is 4.88. The fourth-order valence-corrected chi connectivity index (χ4v) is 3.78. The van der Waals surface area contributed by atoms with Crippen LogP contribution in [0.15, 0.2) is 4.52 Å². The van der Waals surface area contributed by atoms with E-state index in [1.165, 1.54) is 37.0 Å². The van der Waals surface area contributed by atoms with Crippen molar-refractivity contribution >= 4 is 11.3 Å². The van der Waals surface area contributed by atoms with E-state index in [1.54, 1.807) is 11.3 Å². The van der Waals surface area contributed by atoms with E-state index in [0.717, 1.165) is 23.1 Å². The van der Waals surface area contributed by atoms with Crippen molar-refractivity contribution in [3.63, 3.8) is 0 Å². The summed E-state index contributed by atoms with van der Waals surface area (Å²) >= 11 is 1.74. The van der Waals surface area contributed by atoms with Crippen LogP contribution in [0.5, 0.6) is 0 Å². The number of aryl methyl sites for hydroxylation is 2. The maximum absolute atomic E-state index is 5.46. The largest absolute Gasteiger partial charge is 0.338 e. The highest BCUT2D eigenvalue weighted by molar-refractivity contribution is 7.11. The first-order valence-electron chi connectivity index (χ1n) is 8.13. The van der Waals surface area contributed by atoms with Crippen molar-refractivity contribution in [1.82, 2.24) is 20.4 Å². The molecular formula is C16H24N4OS. The summed E-state index contributed by atoms with van der Waals surface area (Å²) in [6.07, 6.45) is 6.29. The van der Waals surface area contributed by atoms with E-state index in [0.29, 0.717) is 11.8 Å². The summed E-state index contributed by atoms with van der Waals surface area (Å²) in [6, 6.07) is 0.0503. The Labute approximate surface area is 135 Å². The summed E-state index contributed by atoms with van der Waals surface area (Å²) in [6.45, 7) is 6.95. The third-order valence-electron chi connectivity index (χ3n) is 4.43. The van der Waals surface area contributed by atoms with E-state index in [1.807, 2.05) is 6.92 Å². The summed E-state index contributed by atoms with van der Waals surface area (Å²) in [5, 5.41) is 8.72. The lowest BCUT2D eigenvalue weighted by Gasteiger charge is -2.17. The second-order valence-electron chi connectivity index (χ2n) is 6.18. The Morgan fingerprint density at radius 3 is 2.68 bits per heavy atom. The van der Waals surface area contributed by atoms with Crippen molar-refractivity contribution in [3.05, 3.63) is 27.3 Å². The molecule has 2 aromatic heterocycles. The first kappa shape index (κ1) is 15.6. The zero-order valence-corrected chi connectivity index (χ0v) is 14.4. The summed E-state index contributed by atoms with van der Waals surface area (Å²) < 4.78 is 5.46. The van der Waals surface area contributed by atoms with Crippen LogP contribution in [-0.2, 0) is 6.54 Å². The molecule has 1 atom stereocenters. The Morgan fingerprint density at radius 2 is 2.00 bits per heavy atom. The van der Waals surface area contributed by atoms with Gasteiger partial charge in [-0.05, 0) is 33.6 Å². The van der Waals surface area contributed by atoms with Crippen molar-refractivity contribution in [3.8, 4) is 0 Å². The number of rotatable bonds is 5. The summed E-state index contributed by atoms with van der Waals surface area (Å²) in [5.41, 5.74) is 1.12. The van der Waals surface area contributed by atoms with Crippen LogP contribution in [0.2, 0.25) is 0 Å². The molecule has 1 N–H and O–H groups in total. The van der Waals surface area contributed by atoms with Gasteiger partial charge >= 0.3 is 0 Å². The molecule has 0 aliphatic heterocycles. The second-order valence-corrected chi connectivity index (χ2v) is 7.47. The van der Waals surface area contributed by atoms with E-state index in [9.17, 15) is 0 Å². The van der Waals surface area contributed by atoms with Crippen LogP contribution in [0.4, 0.5) is 0 Å². The number of hydrogen-bond donors (Lipinski definition) is 1. The highest BCUT2D eigenvalue weighted by Gasteiger charge is 2.22. The maximum atomic E-state index is 5.46. The average Bonchev–Trinajstić information content (AvgIpc) is 3.14. The van der Waals surface area contributed by atoms with Gasteiger partial charge in [0.15, 0.2) is 5.82 Å². The molecule has 0 saturated heterocycles. The lowest BCUT2D eigenvalue weighted by molar-refractivity contribution is 0.329. The molecule has 1 aliphatic carbocycles. The number of nitrogens with one attached hydrogen (secondary N) is 1. The van der Waals surface area contributed by atoms with Gasteiger partial charge in [0.25, 0.3) is 0 Å². The van der Waals surface area contributed by atoms with Crippen LogP contribution in [0.25, 0.3) is 0 Å². The molecule has 0 aromatic carbocycles. The van der Waals surface area contributed by atoms with Crippen LogP contribution in [0, 0.1) is 13.8 Å². The molecule has 0 bridgehead atoms. The molecule has 120 valence electrons. The van der Waals surface area contributed by atoms with Crippen molar-refractivity contribution in [2.45, 2.75) is 71.4 Å². The SMILES string of the molecule is Cc1nc(CNC(C)c2nc(C3CCCCC3)no2)sc1C. The molecule has 2 heterocycles. The summed E-state index contributed by atoms with van der Waals surface area (Å²) in [7, 11) is 0. The first-order chi connectivity index (χ1) is 10.6. The molecule has 6 heteroatoms. The summed E-state index contributed by atoms with van der Waals surface area (Å²) in [5.74, 6) is 2.07. The molecule has 1 fully saturated rings. The minimum Gasteiger partial charge on any atom is -0.338 e. The molecule has 2 aromatic rings. The van der Waals surface area contributed by atoms with Crippen molar-refractivity contribution in [2.75, 3.05) is 0 Å². The van der Waals surface area contributed by atoms with Gasteiger partial charge in [0.1, 0.15) is 5.01 Å². The third kappa shape index (κ3) is 3.55. The molecule has 3 rings (SSSR count). The zero-order chi connectivity index (χ0) is 15.5. The van der Waals surface area contributed by atoms with Gasteiger partial charge in [0.05, 0.1) is 11.7 Å². The van der Waals surface area contributed by atoms with Gasteiger partial charge in [-0.1, -0.05) is 24.4 Å². The van der Waals surface area contributed by atoms with Crippen LogP contribution in [0.1, 0.15) is 78.3 Å². The Balaban J connectivity index is 1.57. The maximum Gasteiger partial charge on any atom is 0.243 e. The first-order valence-corrected chi connectivity index (χ1v) is 8.95. The predicted molar refractivity (Wildman–Crippen MR) is 87.0 cm³/mol. The van der Waals surface area contributed by atoms with Crippen molar-refractivity contribution in [2.24, 2.45) is 0 Å². The number of thiazole rings is 1. The molecule has 0 radical (unpaired) electrons. The molecule has 1 saturated carbocycles. The lowest BCUT2D eigenvalue weighted by Crippen LogP contribution is -2.18. The molecule has 22 heavy (non-hydrogen) atoms. The van der Waals surface area contributed by atoms with Gasteiger partial charge in [-0.2, -0.15) is 4.98 Å². The summed E-state index contributed by atoms with van der Waals surface area (Å²) in [4.78, 5) is 10.4. The molecule has 1 unspecified atom stereocenters. The molecule has 1 aliphatic rings. The van der Waals surface area contributed by atoms with Crippen LogP contribution >= 0.6 is 11.3 Å². The topological polar surface area (TPSA) is 63.8 Å². The average molecular weight is 320 g/mol. The molecule has 0 spiro atoms. The van der Waals surface area contributed by atoms with Gasteiger partial charge in [0.2, 0.25) is 5.89 Å². The van der Waals surface area contributed by atoms with E-state index in [-0.39, 0.29) is 6.04 Å². The van der Waals surface area contributed by atoms with E-state index in [4.69, 9.17) is 4.52 Å². The van der Waals surface area contributed by atoms with Gasteiger partial charge in [-0.25, -0.2) is 4.98 Å². The fraction of sp³-hybridized carbons (Fsp3) is 0.688. The van der Waals surface area contributed by atoms with Crippen LogP contribution in [0.3, 0.4) is 0 Å². The quantitative estimate of drug-likeness (QED) is 0.900. The standard InChI is InChI=1S/C16H24N4OS/c1-10-12(3)22-14(18-10)9-17-11(2)16-19-15(20-21-16)13-7-5-4-6-8-13/h11,13,17H,4-9H2,1-3H3.